The van der Waals surface area contributed by atoms with Crippen molar-refractivity contribution >= 4 is 0 Å². The Hall–Kier alpha value is -1.62. The molecule has 2 aromatic rings. The summed E-state index contributed by atoms with van der Waals surface area (Å²) in [6.07, 6.45) is 6.56. The maximum atomic E-state index is 5.24. The molecule has 2 aromatic heterocycles. The number of hydrogen-bond donors (Lipinski definition) is 0. The molecular weight excluding hydrogens is 252 g/mol. The van der Waals surface area contributed by atoms with Crippen molar-refractivity contribution < 1.29 is 4.52 Å². The number of aryl methyl sites for hydroxylation is 3. The highest BCUT2D eigenvalue weighted by molar-refractivity contribution is 5.21. The molecule has 1 aliphatic rings. The molecule has 0 spiro atoms. The van der Waals surface area contributed by atoms with Crippen LogP contribution in [0.4, 0.5) is 0 Å². The number of likely N-dealkylation sites (tertiary alicyclic amines) is 1. The molecular formula is C15H22N4O. The number of rotatable bonds is 3. The zero-order valence-electron chi connectivity index (χ0n) is 12.5. The van der Waals surface area contributed by atoms with Crippen LogP contribution in [0.2, 0.25) is 0 Å². The Bertz CT molecular complexity index is 559. The van der Waals surface area contributed by atoms with Crippen molar-refractivity contribution in [2.75, 3.05) is 13.1 Å². The minimum absolute atomic E-state index is 0.657. The van der Waals surface area contributed by atoms with Gasteiger partial charge in [-0.2, -0.15) is 5.10 Å². The fourth-order valence-corrected chi connectivity index (χ4v) is 3.03. The molecule has 0 amide bonds. The van der Waals surface area contributed by atoms with Crippen LogP contribution in [0, 0.1) is 13.8 Å². The molecule has 3 heterocycles. The number of nitrogens with zero attached hydrogens (tertiary/aromatic N) is 4. The van der Waals surface area contributed by atoms with Gasteiger partial charge in [0.15, 0.2) is 0 Å². The minimum atomic E-state index is 0.657. The van der Waals surface area contributed by atoms with Crippen LogP contribution in [0.15, 0.2) is 16.9 Å². The first-order valence-electron chi connectivity index (χ1n) is 7.26. The predicted molar refractivity (Wildman–Crippen MR) is 76.4 cm³/mol. The van der Waals surface area contributed by atoms with Gasteiger partial charge in [-0.05, 0) is 51.3 Å². The Morgan fingerprint density at radius 3 is 2.60 bits per heavy atom. The van der Waals surface area contributed by atoms with Crippen LogP contribution in [0.5, 0.6) is 0 Å². The molecule has 3 rings (SSSR count). The molecule has 1 saturated heterocycles. The third-order valence-corrected chi connectivity index (χ3v) is 4.35. The quantitative estimate of drug-likeness (QED) is 0.862. The van der Waals surface area contributed by atoms with Crippen molar-refractivity contribution in [2.24, 2.45) is 7.05 Å². The molecule has 20 heavy (non-hydrogen) atoms. The first-order chi connectivity index (χ1) is 9.63. The highest BCUT2D eigenvalue weighted by Crippen LogP contribution is 2.28. The van der Waals surface area contributed by atoms with Gasteiger partial charge in [0.2, 0.25) is 0 Å². The van der Waals surface area contributed by atoms with E-state index in [1.807, 2.05) is 31.8 Å². The van der Waals surface area contributed by atoms with Gasteiger partial charge in [-0.15, -0.1) is 0 Å². The topological polar surface area (TPSA) is 47.1 Å². The summed E-state index contributed by atoms with van der Waals surface area (Å²) in [5.41, 5.74) is 3.66. The summed E-state index contributed by atoms with van der Waals surface area (Å²) in [7, 11) is 1.98. The second kappa shape index (κ2) is 5.40. The largest absolute Gasteiger partial charge is 0.361 e. The zero-order valence-corrected chi connectivity index (χ0v) is 12.5. The molecule has 0 aromatic carbocycles. The maximum absolute atomic E-state index is 5.24. The van der Waals surface area contributed by atoms with Crippen molar-refractivity contribution in [1.29, 1.82) is 0 Å². The molecule has 0 bridgehead atoms. The summed E-state index contributed by atoms with van der Waals surface area (Å²) in [6.45, 7) is 7.24. The summed E-state index contributed by atoms with van der Waals surface area (Å²) in [5.74, 6) is 1.61. The van der Waals surface area contributed by atoms with Gasteiger partial charge in [0, 0.05) is 25.4 Å². The summed E-state index contributed by atoms with van der Waals surface area (Å²) < 4.78 is 7.14. The molecule has 0 unspecified atom stereocenters. The van der Waals surface area contributed by atoms with Gasteiger partial charge < -0.3 is 4.52 Å². The molecule has 5 nitrogen and oxygen atoms in total. The lowest BCUT2D eigenvalue weighted by atomic mass is 9.91. The van der Waals surface area contributed by atoms with Crippen molar-refractivity contribution in [2.45, 2.75) is 39.2 Å². The van der Waals surface area contributed by atoms with Crippen LogP contribution in [-0.2, 0) is 13.6 Å². The summed E-state index contributed by atoms with van der Waals surface area (Å²) in [4.78, 5) is 2.50. The molecule has 0 radical (unpaired) electrons. The highest BCUT2D eigenvalue weighted by Gasteiger charge is 2.23. The predicted octanol–water partition coefficient (Wildman–Crippen LogP) is 2.40. The standard InChI is InChI=1S/C15H22N4O/c1-11-15(12(2)20-17-11)10-19-6-4-13(5-7-19)14-8-16-18(3)9-14/h8-9,13H,4-7,10H2,1-3H3. The summed E-state index contributed by atoms with van der Waals surface area (Å²) in [6, 6.07) is 0. The van der Waals surface area contributed by atoms with Crippen LogP contribution in [0.1, 0.15) is 41.3 Å². The second-order valence-electron chi connectivity index (χ2n) is 5.80. The van der Waals surface area contributed by atoms with Gasteiger partial charge in [-0.25, -0.2) is 0 Å². The van der Waals surface area contributed by atoms with Crippen LogP contribution in [-0.4, -0.2) is 32.9 Å². The summed E-state index contributed by atoms with van der Waals surface area (Å²) in [5, 5.41) is 8.31. The van der Waals surface area contributed by atoms with Crippen LogP contribution < -0.4 is 0 Å². The molecule has 0 aliphatic carbocycles. The molecule has 1 fully saturated rings. The minimum Gasteiger partial charge on any atom is -0.361 e. The average molecular weight is 274 g/mol. The molecule has 5 heteroatoms. The Balaban J connectivity index is 1.59. The van der Waals surface area contributed by atoms with Crippen molar-refractivity contribution in [3.05, 3.63) is 35.0 Å². The first kappa shape index (κ1) is 13.4. The molecule has 108 valence electrons. The van der Waals surface area contributed by atoms with E-state index in [1.165, 1.54) is 24.0 Å². The number of aromatic nitrogens is 3. The van der Waals surface area contributed by atoms with Gasteiger partial charge in [0.05, 0.1) is 11.9 Å². The van der Waals surface area contributed by atoms with E-state index in [1.54, 1.807) is 0 Å². The second-order valence-corrected chi connectivity index (χ2v) is 5.80. The Labute approximate surface area is 119 Å². The molecule has 1 aliphatic heterocycles. The van der Waals surface area contributed by atoms with Gasteiger partial charge in [-0.3, -0.25) is 9.58 Å². The van der Waals surface area contributed by atoms with Gasteiger partial charge >= 0.3 is 0 Å². The Morgan fingerprint density at radius 2 is 2.05 bits per heavy atom. The van der Waals surface area contributed by atoms with Crippen molar-refractivity contribution in [3.63, 3.8) is 0 Å². The fraction of sp³-hybridized carbons (Fsp3) is 0.600. The van der Waals surface area contributed by atoms with E-state index < -0.39 is 0 Å². The third-order valence-electron chi connectivity index (χ3n) is 4.35. The lowest BCUT2D eigenvalue weighted by molar-refractivity contribution is 0.203. The smallest absolute Gasteiger partial charge is 0.138 e. The van der Waals surface area contributed by atoms with E-state index in [0.717, 1.165) is 31.1 Å². The average Bonchev–Trinajstić information content (AvgIpc) is 3.01. The van der Waals surface area contributed by atoms with Crippen LogP contribution in [0.25, 0.3) is 0 Å². The SMILES string of the molecule is Cc1noc(C)c1CN1CCC(c2cnn(C)c2)CC1. The van der Waals surface area contributed by atoms with E-state index in [0.29, 0.717) is 5.92 Å². The van der Waals surface area contributed by atoms with E-state index in [2.05, 4.69) is 21.4 Å². The Morgan fingerprint density at radius 1 is 1.30 bits per heavy atom. The maximum Gasteiger partial charge on any atom is 0.138 e. The molecule has 0 N–H and O–H groups in total. The van der Waals surface area contributed by atoms with Crippen LogP contribution in [0.3, 0.4) is 0 Å². The zero-order chi connectivity index (χ0) is 14.1. The van der Waals surface area contributed by atoms with Crippen molar-refractivity contribution in [3.8, 4) is 0 Å². The highest BCUT2D eigenvalue weighted by atomic mass is 16.5. The molecule has 0 saturated carbocycles. The summed E-state index contributed by atoms with van der Waals surface area (Å²) >= 11 is 0. The number of hydrogen-bond acceptors (Lipinski definition) is 4. The first-order valence-corrected chi connectivity index (χ1v) is 7.26. The van der Waals surface area contributed by atoms with Gasteiger partial charge in [-0.1, -0.05) is 5.16 Å². The van der Waals surface area contributed by atoms with Crippen LogP contribution >= 0.6 is 0 Å². The normalized spacial score (nSPS) is 17.8. The van der Waals surface area contributed by atoms with E-state index >= 15 is 0 Å². The van der Waals surface area contributed by atoms with Crippen molar-refractivity contribution in [1.82, 2.24) is 19.8 Å². The lowest BCUT2D eigenvalue weighted by Gasteiger charge is -2.31. The van der Waals surface area contributed by atoms with Gasteiger partial charge in [0.25, 0.3) is 0 Å². The van der Waals surface area contributed by atoms with E-state index in [4.69, 9.17) is 4.52 Å². The third kappa shape index (κ3) is 2.63. The Kier molecular flexibility index (Phi) is 3.61. The molecule has 0 atom stereocenters. The lowest BCUT2D eigenvalue weighted by Crippen LogP contribution is -2.32. The van der Waals surface area contributed by atoms with E-state index in [-0.39, 0.29) is 0 Å². The monoisotopic (exact) mass is 274 g/mol. The van der Waals surface area contributed by atoms with E-state index in [9.17, 15) is 0 Å². The van der Waals surface area contributed by atoms with Gasteiger partial charge in [0.1, 0.15) is 5.76 Å². The fourth-order valence-electron chi connectivity index (χ4n) is 3.03. The number of piperidine rings is 1.